The Balaban J connectivity index is 1.74. The van der Waals surface area contributed by atoms with E-state index in [0.29, 0.717) is 0 Å². The van der Waals surface area contributed by atoms with Gasteiger partial charge in [-0.1, -0.05) is 19.8 Å². The van der Waals surface area contributed by atoms with E-state index >= 15 is 0 Å². The Hall–Kier alpha value is -0.0800. The highest BCUT2D eigenvalue weighted by atomic mass is 15.2. The smallest absolute Gasteiger partial charge is 0.0226 e. The van der Waals surface area contributed by atoms with Crippen molar-refractivity contribution in [1.29, 1.82) is 0 Å². The second kappa shape index (κ2) is 5.31. The van der Waals surface area contributed by atoms with Gasteiger partial charge in [0.15, 0.2) is 0 Å². The maximum atomic E-state index is 3.84. The number of rotatable bonds is 5. The summed E-state index contributed by atoms with van der Waals surface area (Å²) in [6, 6.07) is 1.51. The van der Waals surface area contributed by atoms with Gasteiger partial charge in [0.1, 0.15) is 0 Å². The molecule has 3 fully saturated rings. The Bertz CT molecular complexity index is 185. The lowest BCUT2D eigenvalue weighted by Gasteiger charge is -2.46. The molecule has 15 heavy (non-hydrogen) atoms. The third-order valence-electron chi connectivity index (χ3n) is 4.15. The van der Waals surface area contributed by atoms with Crippen LogP contribution in [0.2, 0.25) is 0 Å². The zero-order valence-electron chi connectivity index (χ0n) is 10.3. The summed E-state index contributed by atoms with van der Waals surface area (Å²) >= 11 is 0. The summed E-state index contributed by atoms with van der Waals surface area (Å²) in [6.45, 7) is 8.65. The Kier molecular flexibility index (Phi) is 4.04. The molecule has 2 atom stereocenters. The SMILES string of the molecule is CCCCC(C)NC1CN2CCC1CC2. The molecule has 88 valence electrons. The fourth-order valence-corrected chi connectivity index (χ4v) is 3.11. The molecule has 0 radical (unpaired) electrons. The first-order valence-corrected chi connectivity index (χ1v) is 6.78. The molecule has 2 unspecified atom stereocenters. The van der Waals surface area contributed by atoms with Crippen LogP contribution < -0.4 is 5.32 Å². The molecule has 2 heteroatoms. The Morgan fingerprint density at radius 2 is 2.07 bits per heavy atom. The van der Waals surface area contributed by atoms with Crippen molar-refractivity contribution < 1.29 is 0 Å². The molecule has 0 aromatic rings. The topological polar surface area (TPSA) is 15.3 Å². The van der Waals surface area contributed by atoms with Crippen LogP contribution in [0.5, 0.6) is 0 Å². The Morgan fingerprint density at radius 1 is 1.33 bits per heavy atom. The van der Waals surface area contributed by atoms with Crippen LogP contribution >= 0.6 is 0 Å². The fourth-order valence-electron chi connectivity index (χ4n) is 3.11. The molecule has 3 rings (SSSR count). The minimum atomic E-state index is 0.718. The van der Waals surface area contributed by atoms with Crippen molar-refractivity contribution in [2.45, 2.75) is 58.0 Å². The van der Waals surface area contributed by atoms with Gasteiger partial charge in [-0.3, -0.25) is 0 Å². The summed E-state index contributed by atoms with van der Waals surface area (Å²) in [6.07, 6.45) is 6.90. The zero-order chi connectivity index (χ0) is 10.7. The monoisotopic (exact) mass is 210 g/mol. The molecule has 0 aromatic heterocycles. The van der Waals surface area contributed by atoms with Gasteiger partial charge in [0, 0.05) is 18.6 Å². The normalized spacial score (nSPS) is 36.8. The van der Waals surface area contributed by atoms with Gasteiger partial charge in [-0.25, -0.2) is 0 Å². The van der Waals surface area contributed by atoms with Gasteiger partial charge in [0.05, 0.1) is 0 Å². The molecule has 3 saturated heterocycles. The van der Waals surface area contributed by atoms with Crippen molar-refractivity contribution in [3.63, 3.8) is 0 Å². The minimum absolute atomic E-state index is 0.718. The zero-order valence-corrected chi connectivity index (χ0v) is 10.3. The molecule has 0 amide bonds. The van der Waals surface area contributed by atoms with Crippen molar-refractivity contribution >= 4 is 0 Å². The van der Waals surface area contributed by atoms with E-state index in [1.54, 1.807) is 0 Å². The van der Waals surface area contributed by atoms with Crippen molar-refractivity contribution in [3.8, 4) is 0 Å². The molecule has 0 aliphatic carbocycles. The maximum absolute atomic E-state index is 3.84. The van der Waals surface area contributed by atoms with Crippen LogP contribution in [0.3, 0.4) is 0 Å². The van der Waals surface area contributed by atoms with Crippen LogP contribution in [-0.2, 0) is 0 Å². The molecule has 3 heterocycles. The first kappa shape index (κ1) is 11.4. The summed E-state index contributed by atoms with van der Waals surface area (Å²) in [7, 11) is 0. The number of nitrogens with zero attached hydrogens (tertiary/aromatic N) is 1. The number of nitrogens with one attached hydrogen (secondary N) is 1. The van der Waals surface area contributed by atoms with Gasteiger partial charge in [-0.2, -0.15) is 0 Å². The van der Waals surface area contributed by atoms with Crippen LogP contribution in [0, 0.1) is 5.92 Å². The molecule has 2 nitrogen and oxygen atoms in total. The molecule has 3 aliphatic heterocycles. The molecular formula is C13H26N2. The third kappa shape index (κ3) is 2.94. The van der Waals surface area contributed by atoms with E-state index in [9.17, 15) is 0 Å². The number of piperidine rings is 3. The van der Waals surface area contributed by atoms with Crippen LogP contribution in [0.1, 0.15) is 46.0 Å². The predicted molar refractivity (Wildman–Crippen MR) is 65.1 cm³/mol. The fraction of sp³-hybridized carbons (Fsp3) is 1.00. The average molecular weight is 210 g/mol. The second-order valence-corrected chi connectivity index (χ2v) is 5.45. The van der Waals surface area contributed by atoms with Crippen molar-refractivity contribution in [1.82, 2.24) is 10.2 Å². The van der Waals surface area contributed by atoms with E-state index in [1.165, 1.54) is 51.7 Å². The molecule has 0 spiro atoms. The van der Waals surface area contributed by atoms with Crippen LogP contribution in [0.25, 0.3) is 0 Å². The number of hydrogen-bond acceptors (Lipinski definition) is 2. The van der Waals surface area contributed by atoms with Crippen LogP contribution in [0.4, 0.5) is 0 Å². The predicted octanol–water partition coefficient (Wildman–Crippen LogP) is 2.25. The summed E-state index contributed by atoms with van der Waals surface area (Å²) in [5, 5.41) is 3.84. The number of hydrogen-bond donors (Lipinski definition) is 1. The van der Waals surface area contributed by atoms with Gasteiger partial charge in [0.25, 0.3) is 0 Å². The van der Waals surface area contributed by atoms with E-state index < -0.39 is 0 Å². The van der Waals surface area contributed by atoms with Crippen molar-refractivity contribution in [2.24, 2.45) is 5.92 Å². The molecule has 0 aromatic carbocycles. The van der Waals surface area contributed by atoms with E-state index in [-0.39, 0.29) is 0 Å². The third-order valence-corrected chi connectivity index (χ3v) is 4.15. The van der Waals surface area contributed by atoms with Crippen molar-refractivity contribution in [2.75, 3.05) is 19.6 Å². The molecule has 2 bridgehead atoms. The lowest BCUT2D eigenvalue weighted by atomic mass is 9.83. The Morgan fingerprint density at radius 3 is 2.60 bits per heavy atom. The summed E-state index contributed by atoms with van der Waals surface area (Å²) < 4.78 is 0. The van der Waals surface area contributed by atoms with Gasteiger partial charge in [0.2, 0.25) is 0 Å². The molecule has 1 N–H and O–H groups in total. The van der Waals surface area contributed by atoms with E-state index in [0.717, 1.165) is 18.0 Å². The van der Waals surface area contributed by atoms with E-state index in [4.69, 9.17) is 0 Å². The minimum Gasteiger partial charge on any atom is -0.310 e. The second-order valence-electron chi connectivity index (χ2n) is 5.45. The first-order chi connectivity index (χ1) is 7.29. The van der Waals surface area contributed by atoms with Gasteiger partial charge >= 0.3 is 0 Å². The first-order valence-electron chi connectivity index (χ1n) is 6.78. The lowest BCUT2D eigenvalue weighted by molar-refractivity contribution is 0.0674. The van der Waals surface area contributed by atoms with Gasteiger partial charge < -0.3 is 10.2 Å². The lowest BCUT2D eigenvalue weighted by Crippen LogP contribution is -2.57. The molecule has 3 aliphatic rings. The molecule has 0 saturated carbocycles. The average Bonchev–Trinajstić information content (AvgIpc) is 2.28. The molecular weight excluding hydrogens is 184 g/mol. The van der Waals surface area contributed by atoms with E-state index in [2.05, 4.69) is 24.1 Å². The van der Waals surface area contributed by atoms with Crippen molar-refractivity contribution in [3.05, 3.63) is 0 Å². The van der Waals surface area contributed by atoms with Crippen LogP contribution in [0.15, 0.2) is 0 Å². The number of unbranched alkanes of at least 4 members (excludes halogenated alkanes) is 1. The highest BCUT2D eigenvalue weighted by Gasteiger charge is 2.34. The largest absolute Gasteiger partial charge is 0.310 e. The standard InChI is InChI=1S/C13H26N2/c1-3-4-5-11(2)14-13-10-15-8-6-12(13)7-9-15/h11-14H,3-10H2,1-2H3. The summed E-state index contributed by atoms with van der Waals surface area (Å²) in [5.74, 6) is 0.971. The Labute approximate surface area is 94.4 Å². The quantitative estimate of drug-likeness (QED) is 0.749. The van der Waals surface area contributed by atoms with Gasteiger partial charge in [-0.05, 0) is 45.2 Å². The summed E-state index contributed by atoms with van der Waals surface area (Å²) in [4.78, 5) is 2.63. The van der Waals surface area contributed by atoms with Crippen LogP contribution in [-0.4, -0.2) is 36.6 Å². The number of fused-ring (bicyclic) bond motifs is 3. The van der Waals surface area contributed by atoms with Gasteiger partial charge in [-0.15, -0.1) is 0 Å². The highest BCUT2D eigenvalue weighted by Crippen LogP contribution is 2.27. The van der Waals surface area contributed by atoms with E-state index in [1.807, 2.05) is 0 Å². The summed E-state index contributed by atoms with van der Waals surface area (Å²) in [5.41, 5.74) is 0. The maximum Gasteiger partial charge on any atom is 0.0226 e. The highest BCUT2D eigenvalue weighted by molar-refractivity contribution is 4.91.